The molecular formula is C18H34N2. The second kappa shape index (κ2) is 9.36. The van der Waals surface area contributed by atoms with Gasteiger partial charge in [0.2, 0.25) is 0 Å². The summed E-state index contributed by atoms with van der Waals surface area (Å²) in [7, 11) is 0. The molecule has 2 atom stereocenters. The first-order valence-corrected chi connectivity index (χ1v) is 8.32. The van der Waals surface area contributed by atoms with E-state index >= 15 is 0 Å². The molecule has 116 valence electrons. The fourth-order valence-electron chi connectivity index (χ4n) is 3.19. The molecule has 0 radical (unpaired) electrons. The molecule has 0 spiro atoms. The second-order valence-corrected chi connectivity index (χ2v) is 6.75. The van der Waals surface area contributed by atoms with Crippen molar-refractivity contribution < 1.29 is 0 Å². The highest BCUT2D eigenvalue weighted by atomic mass is 14.9. The summed E-state index contributed by atoms with van der Waals surface area (Å²) < 4.78 is 0. The Morgan fingerprint density at radius 1 is 1.30 bits per heavy atom. The Labute approximate surface area is 125 Å². The molecule has 0 bridgehead atoms. The van der Waals surface area contributed by atoms with Crippen molar-refractivity contribution in [2.45, 2.75) is 77.8 Å². The maximum absolute atomic E-state index is 5.63. The molecule has 0 amide bonds. The van der Waals surface area contributed by atoms with Gasteiger partial charge in [0, 0.05) is 18.6 Å². The molecule has 0 aliphatic heterocycles. The zero-order valence-electron chi connectivity index (χ0n) is 13.8. The summed E-state index contributed by atoms with van der Waals surface area (Å²) >= 11 is 0. The molecule has 1 aliphatic carbocycles. The van der Waals surface area contributed by atoms with E-state index in [-0.39, 0.29) is 0 Å². The minimum atomic E-state index is 0.401. The van der Waals surface area contributed by atoms with Crippen LogP contribution in [0.3, 0.4) is 0 Å². The maximum Gasteiger partial charge on any atom is 0.0164 e. The zero-order chi connectivity index (χ0) is 15.0. The van der Waals surface area contributed by atoms with Gasteiger partial charge in [-0.1, -0.05) is 49.5 Å². The maximum atomic E-state index is 5.63. The average Bonchev–Trinajstić information content (AvgIpc) is 2.88. The van der Waals surface area contributed by atoms with Gasteiger partial charge < -0.3 is 11.1 Å². The number of hydrogen-bond acceptors (Lipinski definition) is 2. The van der Waals surface area contributed by atoms with E-state index in [0.29, 0.717) is 18.6 Å². The molecule has 0 aromatic carbocycles. The fourth-order valence-corrected chi connectivity index (χ4v) is 3.19. The molecule has 0 saturated heterocycles. The zero-order valence-corrected chi connectivity index (χ0v) is 13.8. The fraction of sp³-hybridized carbons (Fsp3) is 0.778. The second-order valence-electron chi connectivity index (χ2n) is 6.75. The Hall–Kier alpha value is -0.600. The lowest BCUT2D eigenvalue weighted by Crippen LogP contribution is -2.39. The topological polar surface area (TPSA) is 38.0 Å². The first-order chi connectivity index (χ1) is 9.51. The van der Waals surface area contributed by atoms with E-state index in [1.807, 2.05) is 0 Å². The molecule has 20 heavy (non-hydrogen) atoms. The Balaban J connectivity index is 2.24. The lowest BCUT2D eigenvalue weighted by molar-refractivity contribution is 0.451. The quantitative estimate of drug-likeness (QED) is 0.621. The van der Waals surface area contributed by atoms with Crippen LogP contribution in [0.5, 0.6) is 0 Å². The molecule has 2 unspecified atom stereocenters. The first kappa shape index (κ1) is 17.5. The highest BCUT2D eigenvalue weighted by Gasteiger charge is 2.15. The molecule has 1 rings (SSSR count). The first-order valence-electron chi connectivity index (χ1n) is 8.32. The lowest BCUT2D eigenvalue weighted by atomic mass is 9.96. The average molecular weight is 278 g/mol. The van der Waals surface area contributed by atoms with E-state index < -0.39 is 0 Å². The normalized spacial score (nSPS) is 20.1. The van der Waals surface area contributed by atoms with Crippen LogP contribution in [0.1, 0.15) is 65.7 Å². The van der Waals surface area contributed by atoms with Crippen molar-refractivity contribution in [1.82, 2.24) is 5.32 Å². The molecule has 1 saturated carbocycles. The third-order valence-corrected chi connectivity index (χ3v) is 4.36. The number of nitrogens with two attached hydrogens (primary N) is 1. The van der Waals surface area contributed by atoms with Gasteiger partial charge in [0.25, 0.3) is 0 Å². The van der Waals surface area contributed by atoms with E-state index in [1.54, 1.807) is 0 Å². The Morgan fingerprint density at radius 2 is 1.95 bits per heavy atom. The van der Waals surface area contributed by atoms with Crippen LogP contribution in [0.15, 0.2) is 23.8 Å². The largest absolute Gasteiger partial charge is 0.329 e. The number of allylic oxidation sites excluding steroid dienone is 3. The Bertz CT molecular complexity index is 313. The molecule has 0 heterocycles. The Morgan fingerprint density at radius 3 is 2.55 bits per heavy atom. The summed E-state index contributed by atoms with van der Waals surface area (Å²) in [6.45, 7) is 11.5. The molecule has 1 fully saturated rings. The van der Waals surface area contributed by atoms with Gasteiger partial charge in [-0.25, -0.2) is 0 Å². The molecule has 0 aromatic heterocycles. The summed E-state index contributed by atoms with van der Waals surface area (Å²) in [4.78, 5) is 0. The van der Waals surface area contributed by atoms with Gasteiger partial charge >= 0.3 is 0 Å². The van der Waals surface area contributed by atoms with E-state index in [1.165, 1.54) is 43.3 Å². The monoisotopic (exact) mass is 278 g/mol. The van der Waals surface area contributed by atoms with Crippen molar-refractivity contribution in [3.8, 4) is 0 Å². The van der Waals surface area contributed by atoms with Crippen molar-refractivity contribution in [3.05, 3.63) is 23.8 Å². The number of hydrogen-bond donors (Lipinski definition) is 2. The van der Waals surface area contributed by atoms with E-state index in [2.05, 4.69) is 38.7 Å². The summed E-state index contributed by atoms with van der Waals surface area (Å²) in [5.41, 5.74) is 8.41. The van der Waals surface area contributed by atoms with Gasteiger partial charge in [0.15, 0.2) is 0 Å². The van der Waals surface area contributed by atoms with Gasteiger partial charge in [0.05, 0.1) is 0 Å². The highest BCUT2D eigenvalue weighted by molar-refractivity contribution is 5.20. The highest BCUT2D eigenvalue weighted by Crippen LogP contribution is 2.30. The van der Waals surface area contributed by atoms with Crippen LogP contribution in [0.25, 0.3) is 0 Å². The molecule has 3 N–H and O–H groups in total. The summed E-state index contributed by atoms with van der Waals surface area (Å²) in [6.07, 6.45) is 11.5. The van der Waals surface area contributed by atoms with Crippen molar-refractivity contribution in [2.24, 2.45) is 11.7 Å². The van der Waals surface area contributed by atoms with Crippen LogP contribution >= 0.6 is 0 Å². The Kier molecular flexibility index (Phi) is 8.16. The standard InChI is InChI=1S/C18H34N2/c1-14(9-10-16(3)20-17(4)13-19)11-15(2)12-18-7-5-6-8-18/h11,16-18,20H,1,5-10,12-13,19H2,2-4H3/b15-11+. The van der Waals surface area contributed by atoms with Gasteiger partial charge in [-0.05, 0) is 46.0 Å². The summed E-state index contributed by atoms with van der Waals surface area (Å²) in [5, 5.41) is 3.51. The van der Waals surface area contributed by atoms with Crippen LogP contribution < -0.4 is 11.1 Å². The van der Waals surface area contributed by atoms with Gasteiger partial charge in [0.1, 0.15) is 0 Å². The molecular weight excluding hydrogens is 244 g/mol. The van der Waals surface area contributed by atoms with Crippen LogP contribution in [0, 0.1) is 5.92 Å². The summed E-state index contributed by atoms with van der Waals surface area (Å²) in [6, 6.07) is 0.909. The third kappa shape index (κ3) is 7.25. The summed E-state index contributed by atoms with van der Waals surface area (Å²) in [5.74, 6) is 0.935. The van der Waals surface area contributed by atoms with Crippen molar-refractivity contribution in [2.75, 3.05) is 6.54 Å². The lowest BCUT2D eigenvalue weighted by Gasteiger charge is -2.18. The minimum absolute atomic E-state index is 0.401. The number of rotatable bonds is 9. The minimum Gasteiger partial charge on any atom is -0.329 e. The number of nitrogens with one attached hydrogen (secondary N) is 1. The van der Waals surface area contributed by atoms with Gasteiger partial charge in [-0.2, -0.15) is 0 Å². The SMILES string of the molecule is C=C(/C=C(\C)CC1CCCC1)CCC(C)NC(C)CN. The molecule has 1 aliphatic rings. The van der Waals surface area contributed by atoms with Crippen LogP contribution in [-0.4, -0.2) is 18.6 Å². The van der Waals surface area contributed by atoms with Crippen molar-refractivity contribution in [1.29, 1.82) is 0 Å². The van der Waals surface area contributed by atoms with Crippen molar-refractivity contribution >= 4 is 0 Å². The molecule has 2 nitrogen and oxygen atoms in total. The van der Waals surface area contributed by atoms with E-state index in [9.17, 15) is 0 Å². The van der Waals surface area contributed by atoms with Crippen LogP contribution in [0.2, 0.25) is 0 Å². The van der Waals surface area contributed by atoms with Crippen LogP contribution in [0.4, 0.5) is 0 Å². The smallest absolute Gasteiger partial charge is 0.0164 e. The van der Waals surface area contributed by atoms with Crippen molar-refractivity contribution in [3.63, 3.8) is 0 Å². The van der Waals surface area contributed by atoms with E-state index in [0.717, 1.165) is 18.8 Å². The van der Waals surface area contributed by atoms with Gasteiger partial charge in [-0.15, -0.1) is 0 Å². The molecule has 0 aromatic rings. The van der Waals surface area contributed by atoms with Gasteiger partial charge in [-0.3, -0.25) is 0 Å². The van der Waals surface area contributed by atoms with E-state index in [4.69, 9.17) is 5.73 Å². The van der Waals surface area contributed by atoms with Crippen LogP contribution in [-0.2, 0) is 0 Å². The predicted octanol–water partition coefficient (Wildman–Crippen LogP) is 4.17. The predicted molar refractivity (Wildman–Crippen MR) is 89.8 cm³/mol. The molecule has 2 heteroatoms. The third-order valence-electron chi connectivity index (χ3n) is 4.36.